The average Bonchev–Trinajstić information content (AvgIpc) is 3.35. The van der Waals surface area contributed by atoms with Crippen LogP contribution in [0.3, 0.4) is 0 Å². The quantitative estimate of drug-likeness (QED) is 0.677. The molecular formula is C17H23ClN4O. The summed E-state index contributed by atoms with van der Waals surface area (Å²) in [7, 11) is 0. The van der Waals surface area contributed by atoms with Gasteiger partial charge in [0.2, 0.25) is 5.91 Å². The van der Waals surface area contributed by atoms with Crippen molar-refractivity contribution < 1.29 is 4.79 Å². The van der Waals surface area contributed by atoms with E-state index in [-0.39, 0.29) is 5.91 Å². The van der Waals surface area contributed by atoms with E-state index in [2.05, 4.69) is 15.2 Å². The van der Waals surface area contributed by atoms with Crippen molar-refractivity contribution in [2.75, 3.05) is 26.2 Å². The summed E-state index contributed by atoms with van der Waals surface area (Å²) in [5.41, 5.74) is 1.11. The number of halogens is 1. The van der Waals surface area contributed by atoms with Crippen LogP contribution in [0.4, 0.5) is 0 Å². The Morgan fingerprint density at radius 3 is 2.65 bits per heavy atom. The molecule has 1 saturated carbocycles. The molecule has 0 unspecified atom stereocenters. The first kappa shape index (κ1) is 16.1. The van der Waals surface area contributed by atoms with Crippen LogP contribution in [0.15, 0.2) is 29.3 Å². The lowest BCUT2D eigenvalue weighted by atomic mass is 10.2. The first-order valence-corrected chi connectivity index (χ1v) is 8.61. The zero-order valence-corrected chi connectivity index (χ0v) is 14.2. The van der Waals surface area contributed by atoms with E-state index in [0.717, 1.165) is 36.2 Å². The molecule has 1 saturated heterocycles. The monoisotopic (exact) mass is 334 g/mol. The van der Waals surface area contributed by atoms with Crippen LogP contribution in [0.2, 0.25) is 5.02 Å². The topological polar surface area (TPSA) is 47.9 Å². The van der Waals surface area contributed by atoms with E-state index in [1.165, 1.54) is 12.8 Å². The van der Waals surface area contributed by atoms with Gasteiger partial charge in [-0.15, -0.1) is 0 Å². The summed E-state index contributed by atoms with van der Waals surface area (Å²) in [5, 5.41) is 4.16. The van der Waals surface area contributed by atoms with E-state index in [0.29, 0.717) is 19.1 Å². The van der Waals surface area contributed by atoms with E-state index in [4.69, 9.17) is 11.6 Å². The molecule has 1 aliphatic heterocycles. The van der Waals surface area contributed by atoms with Crippen LogP contribution in [-0.2, 0) is 11.3 Å². The van der Waals surface area contributed by atoms with Crippen molar-refractivity contribution in [3.05, 3.63) is 34.9 Å². The second-order valence-corrected chi connectivity index (χ2v) is 6.52. The highest BCUT2D eigenvalue weighted by Crippen LogP contribution is 2.19. The van der Waals surface area contributed by atoms with Crippen molar-refractivity contribution in [1.82, 2.24) is 15.1 Å². The Bertz CT molecular complexity index is 583. The molecule has 0 radical (unpaired) electrons. The molecule has 2 aliphatic rings. The zero-order valence-electron chi connectivity index (χ0n) is 13.5. The van der Waals surface area contributed by atoms with Crippen LogP contribution >= 0.6 is 11.6 Å². The van der Waals surface area contributed by atoms with Gasteiger partial charge in [-0.25, -0.2) is 0 Å². The molecule has 1 N–H and O–H groups in total. The molecule has 5 nitrogen and oxygen atoms in total. The van der Waals surface area contributed by atoms with Gasteiger partial charge < -0.3 is 15.1 Å². The predicted octanol–water partition coefficient (Wildman–Crippen LogP) is 2.11. The Morgan fingerprint density at radius 1 is 1.30 bits per heavy atom. The maximum atomic E-state index is 12.5. The fraction of sp³-hybridized carbons (Fsp3) is 0.529. The summed E-state index contributed by atoms with van der Waals surface area (Å²) in [6.45, 7) is 5.32. The van der Waals surface area contributed by atoms with Crippen molar-refractivity contribution in [3.8, 4) is 0 Å². The fourth-order valence-corrected chi connectivity index (χ4v) is 2.79. The van der Waals surface area contributed by atoms with Gasteiger partial charge in [-0.2, -0.15) is 0 Å². The Balaban J connectivity index is 1.58. The van der Waals surface area contributed by atoms with Gasteiger partial charge in [-0.3, -0.25) is 9.79 Å². The minimum Gasteiger partial charge on any atom is -0.353 e. The lowest BCUT2D eigenvalue weighted by Crippen LogP contribution is -2.55. The first-order chi connectivity index (χ1) is 11.2. The van der Waals surface area contributed by atoms with Gasteiger partial charge in [0, 0.05) is 37.2 Å². The minimum atomic E-state index is 0.146. The standard InChI is InChI=1S/C17H23ClN4O/c1-2-19-17(20-15-7-8-15)22-10-9-21(16(23)12-22)11-13-3-5-14(18)6-4-13/h3-6,15H,2,7-12H2,1H3,(H,19,20). The molecule has 1 aromatic rings. The van der Waals surface area contributed by atoms with Crippen LogP contribution in [-0.4, -0.2) is 53.9 Å². The molecule has 1 aliphatic carbocycles. The number of carbonyl (C=O) groups excluding carboxylic acids is 1. The molecule has 1 amide bonds. The highest BCUT2D eigenvalue weighted by atomic mass is 35.5. The molecule has 0 aromatic heterocycles. The van der Waals surface area contributed by atoms with Gasteiger partial charge in [0.05, 0.1) is 6.54 Å². The molecular weight excluding hydrogens is 312 g/mol. The van der Waals surface area contributed by atoms with Gasteiger partial charge in [0.1, 0.15) is 0 Å². The third-order valence-electron chi connectivity index (χ3n) is 4.12. The average molecular weight is 335 g/mol. The molecule has 0 spiro atoms. The maximum Gasteiger partial charge on any atom is 0.242 e. The zero-order chi connectivity index (χ0) is 16.2. The SMILES string of the molecule is CCN=C(NC1CC1)N1CCN(Cc2ccc(Cl)cc2)C(=O)C1. The van der Waals surface area contributed by atoms with E-state index in [1.807, 2.05) is 36.1 Å². The Hall–Kier alpha value is -1.75. The van der Waals surface area contributed by atoms with Gasteiger partial charge in [-0.05, 0) is 37.5 Å². The summed E-state index contributed by atoms with van der Waals surface area (Å²) in [6, 6.07) is 8.22. The molecule has 0 bridgehead atoms. The molecule has 0 atom stereocenters. The summed E-state index contributed by atoms with van der Waals surface area (Å²) >= 11 is 5.91. The molecule has 1 heterocycles. The summed E-state index contributed by atoms with van der Waals surface area (Å²) in [6.07, 6.45) is 2.40. The smallest absolute Gasteiger partial charge is 0.242 e. The van der Waals surface area contributed by atoms with Gasteiger partial charge >= 0.3 is 0 Å². The first-order valence-electron chi connectivity index (χ1n) is 8.24. The number of amides is 1. The van der Waals surface area contributed by atoms with Crippen molar-refractivity contribution in [2.45, 2.75) is 32.4 Å². The fourth-order valence-electron chi connectivity index (χ4n) is 2.66. The number of hydrogen-bond donors (Lipinski definition) is 1. The van der Waals surface area contributed by atoms with Crippen LogP contribution < -0.4 is 5.32 Å². The van der Waals surface area contributed by atoms with Crippen molar-refractivity contribution in [1.29, 1.82) is 0 Å². The summed E-state index contributed by atoms with van der Waals surface area (Å²) < 4.78 is 0. The lowest BCUT2D eigenvalue weighted by Gasteiger charge is -2.36. The third-order valence-corrected chi connectivity index (χ3v) is 4.38. The second-order valence-electron chi connectivity index (χ2n) is 6.08. The molecule has 6 heteroatoms. The van der Waals surface area contributed by atoms with Crippen LogP contribution in [0.1, 0.15) is 25.3 Å². The molecule has 2 fully saturated rings. The van der Waals surface area contributed by atoms with E-state index < -0.39 is 0 Å². The highest BCUT2D eigenvalue weighted by Gasteiger charge is 2.29. The lowest BCUT2D eigenvalue weighted by molar-refractivity contribution is -0.135. The Labute approximate surface area is 142 Å². The highest BCUT2D eigenvalue weighted by molar-refractivity contribution is 6.30. The number of rotatable bonds is 4. The molecule has 124 valence electrons. The van der Waals surface area contributed by atoms with Gasteiger partial charge in [0.25, 0.3) is 0 Å². The number of hydrogen-bond acceptors (Lipinski definition) is 2. The summed E-state index contributed by atoms with van der Waals surface area (Å²) in [5.74, 6) is 1.03. The Morgan fingerprint density at radius 2 is 2.04 bits per heavy atom. The molecule has 23 heavy (non-hydrogen) atoms. The Kier molecular flexibility index (Phi) is 5.06. The number of carbonyl (C=O) groups is 1. The van der Waals surface area contributed by atoms with Crippen LogP contribution in [0.25, 0.3) is 0 Å². The van der Waals surface area contributed by atoms with E-state index in [1.54, 1.807) is 0 Å². The minimum absolute atomic E-state index is 0.146. The number of aliphatic imine (C=N–C) groups is 1. The van der Waals surface area contributed by atoms with E-state index in [9.17, 15) is 4.79 Å². The predicted molar refractivity (Wildman–Crippen MR) is 92.6 cm³/mol. The maximum absolute atomic E-state index is 12.5. The van der Waals surface area contributed by atoms with Gasteiger partial charge in [0.15, 0.2) is 5.96 Å². The number of guanidine groups is 1. The molecule has 1 aromatic carbocycles. The summed E-state index contributed by atoms with van der Waals surface area (Å²) in [4.78, 5) is 21.0. The van der Waals surface area contributed by atoms with Crippen molar-refractivity contribution >= 4 is 23.5 Å². The number of piperazine rings is 1. The van der Waals surface area contributed by atoms with Crippen molar-refractivity contribution in [3.63, 3.8) is 0 Å². The third kappa shape index (κ3) is 4.38. The van der Waals surface area contributed by atoms with Crippen LogP contribution in [0.5, 0.6) is 0 Å². The largest absolute Gasteiger partial charge is 0.353 e. The van der Waals surface area contributed by atoms with Crippen molar-refractivity contribution in [2.24, 2.45) is 4.99 Å². The molecule has 3 rings (SSSR count). The normalized spacial score (nSPS) is 19.2. The number of nitrogens with one attached hydrogen (secondary N) is 1. The number of benzene rings is 1. The number of nitrogens with zero attached hydrogens (tertiary/aromatic N) is 3. The second kappa shape index (κ2) is 7.21. The van der Waals surface area contributed by atoms with E-state index >= 15 is 0 Å². The van der Waals surface area contributed by atoms with Gasteiger partial charge in [-0.1, -0.05) is 23.7 Å². The van der Waals surface area contributed by atoms with Crippen LogP contribution in [0, 0.1) is 0 Å².